The normalized spacial score (nSPS) is 19.1. The number of ether oxygens (including phenoxy) is 1. The van der Waals surface area contributed by atoms with Crippen molar-refractivity contribution in [3.05, 3.63) is 53.6 Å². The molecule has 0 spiro atoms. The van der Waals surface area contributed by atoms with Gasteiger partial charge in [0.1, 0.15) is 17.4 Å². The Morgan fingerprint density at radius 1 is 1.07 bits per heavy atom. The van der Waals surface area contributed by atoms with Crippen molar-refractivity contribution < 1.29 is 18.3 Å². The van der Waals surface area contributed by atoms with Crippen LogP contribution in [0.5, 0.6) is 5.75 Å². The average Bonchev–Trinajstić information content (AvgIpc) is 2.63. The molecule has 1 saturated carbocycles. The van der Waals surface area contributed by atoms with E-state index in [1.54, 1.807) is 12.1 Å². The van der Waals surface area contributed by atoms with Crippen molar-refractivity contribution in [1.29, 1.82) is 0 Å². The van der Waals surface area contributed by atoms with Crippen LogP contribution in [0, 0.1) is 11.6 Å². The average molecular weight is 397 g/mol. The molecule has 4 nitrogen and oxygen atoms in total. The zero-order valence-electron chi connectivity index (χ0n) is 15.0. The molecule has 3 N–H and O–H groups in total. The minimum absolute atomic E-state index is 0. The van der Waals surface area contributed by atoms with Crippen LogP contribution in [-0.4, -0.2) is 25.1 Å². The van der Waals surface area contributed by atoms with E-state index in [0.717, 1.165) is 25.7 Å². The molecule has 0 aliphatic heterocycles. The van der Waals surface area contributed by atoms with Crippen molar-refractivity contribution >= 4 is 18.3 Å². The van der Waals surface area contributed by atoms with Crippen molar-refractivity contribution in [2.24, 2.45) is 5.73 Å². The van der Waals surface area contributed by atoms with E-state index in [0.29, 0.717) is 11.3 Å². The molecule has 3 rings (SSSR count). The maximum atomic E-state index is 14.5. The van der Waals surface area contributed by atoms with Gasteiger partial charge in [0, 0.05) is 23.7 Å². The number of carbonyl (C=O) groups is 1. The Balaban J connectivity index is 0.00000261. The lowest BCUT2D eigenvalue weighted by Crippen LogP contribution is -2.40. The number of halogens is 3. The van der Waals surface area contributed by atoms with Crippen LogP contribution in [0.2, 0.25) is 0 Å². The maximum Gasteiger partial charge on any atom is 0.254 e. The predicted molar refractivity (Wildman–Crippen MR) is 103 cm³/mol. The maximum absolute atomic E-state index is 14.5. The van der Waals surface area contributed by atoms with Crippen LogP contribution in [0.1, 0.15) is 36.0 Å². The minimum Gasteiger partial charge on any atom is -0.497 e. The molecule has 146 valence electrons. The van der Waals surface area contributed by atoms with Gasteiger partial charge >= 0.3 is 0 Å². The second kappa shape index (κ2) is 9.15. The van der Waals surface area contributed by atoms with Crippen molar-refractivity contribution in [2.75, 3.05) is 7.11 Å². The lowest BCUT2D eigenvalue weighted by Gasteiger charge is -2.26. The molecule has 1 aliphatic rings. The molecule has 2 aromatic carbocycles. The van der Waals surface area contributed by atoms with Crippen molar-refractivity contribution in [1.82, 2.24) is 5.32 Å². The van der Waals surface area contributed by atoms with Crippen LogP contribution in [0.15, 0.2) is 36.4 Å². The molecule has 2 aromatic rings. The Morgan fingerprint density at radius 2 is 1.78 bits per heavy atom. The fourth-order valence-corrected chi connectivity index (χ4v) is 3.25. The fraction of sp³-hybridized carbons (Fsp3) is 0.350. The number of carbonyl (C=O) groups excluding carboxylic acids is 1. The number of rotatable bonds is 4. The van der Waals surface area contributed by atoms with Crippen molar-refractivity contribution in [3.63, 3.8) is 0 Å². The van der Waals surface area contributed by atoms with Crippen LogP contribution in [0.3, 0.4) is 0 Å². The molecule has 0 aromatic heterocycles. The lowest BCUT2D eigenvalue weighted by molar-refractivity contribution is 0.0922. The van der Waals surface area contributed by atoms with Crippen LogP contribution < -0.4 is 15.8 Å². The zero-order valence-corrected chi connectivity index (χ0v) is 15.8. The third kappa shape index (κ3) is 4.96. The molecule has 0 atom stereocenters. The summed E-state index contributed by atoms with van der Waals surface area (Å²) < 4.78 is 33.6. The summed E-state index contributed by atoms with van der Waals surface area (Å²) in [5.41, 5.74) is 6.42. The van der Waals surface area contributed by atoms with Crippen LogP contribution in [0.25, 0.3) is 11.1 Å². The smallest absolute Gasteiger partial charge is 0.254 e. The van der Waals surface area contributed by atoms with Gasteiger partial charge in [0.15, 0.2) is 0 Å². The molecule has 1 fully saturated rings. The van der Waals surface area contributed by atoms with E-state index in [4.69, 9.17) is 10.5 Å². The quantitative estimate of drug-likeness (QED) is 0.819. The number of methoxy groups -OCH3 is 1. The van der Waals surface area contributed by atoms with Crippen molar-refractivity contribution in [3.8, 4) is 16.9 Å². The van der Waals surface area contributed by atoms with Gasteiger partial charge in [-0.1, -0.05) is 6.07 Å². The van der Waals surface area contributed by atoms with E-state index >= 15 is 0 Å². The molecule has 1 aliphatic carbocycles. The summed E-state index contributed by atoms with van der Waals surface area (Å²) in [5, 5.41) is 2.86. The van der Waals surface area contributed by atoms with Gasteiger partial charge in [0.2, 0.25) is 0 Å². The highest BCUT2D eigenvalue weighted by Gasteiger charge is 2.22. The van der Waals surface area contributed by atoms with Gasteiger partial charge in [-0.2, -0.15) is 0 Å². The summed E-state index contributed by atoms with van der Waals surface area (Å²) in [5.74, 6) is -1.26. The molecule has 0 heterocycles. The summed E-state index contributed by atoms with van der Waals surface area (Å²) in [7, 11) is 1.45. The first-order chi connectivity index (χ1) is 12.5. The highest BCUT2D eigenvalue weighted by molar-refractivity contribution is 5.95. The van der Waals surface area contributed by atoms with Gasteiger partial charge in [-0.15, -0.1) is 12.4 Å². The second-order valence-corrected chi connectivity index (χ2v) is 6.63. The molecule has 27 heavy (non-hydrogen) atoms. The minimum atomic E-state index is -0.678. The van der Waals surface area contributed by atoms with Gasteiger partial charge in [0.25, 0.3) is 5.91 Å². The van der Waals surface area contributed by atoms with Gasteiger partial charge in [0.05, 0.1) is 12.7 Å². The van der Waals surface area contributed by atoms with E-state index in [2.05, 4.69) is 5.32 Å². The molecule has 7 heteroatoms. The number of nitrogens with one attached hydrogen (secondary N) is 1. The van der Waals surface area contributed by atoms with Crippen LogP contribution in [-0.2, 0) is 0 Å². The highest BCUT2D eigenvalue weighted by Crippen LogP contribution is 2.28. The molecule has 0 radical (unpaired) electrons. The van der Waals surface area contributed by atoms with Crippen LogP contribution >= 0.6 is 12.4 Å². The molecule has 1 amide bonds. The van der Waals surface area contributed by atoms with Crippen molar-refractivity contribution in [2.45, 2.75) is 37.8 Å². The second-order valence-electron chi connectivity index (χ2n) is 6.63. The summed E-state index contributed by atoms with van der Waals surface area (Å²) >= 11 is 0. The molecule has 0 bridgehead atoms. The van der Waals surface area contributed by atoms with Gasteiger partial charge < -0.3 is 15.8 Å². The third-order valence-electron chi connectivity index (χ3n) is 4.81. The zero-order chi connectivity index (χ0) is 18.7. The largest absolute Gasteiger partial charge is 0.497 e. The van der Waals surface area contributed by atoms with Crippen LogP contribution in [0.4, 0.5) is 8.78 Å². The van der Waals surface area contributed by atoms with Gasteiger partial charge in [-0.3, -0.25) is 4.79 Å². The van der Waals surface area contributed by atoms with Gasteiger partial charge in [-0.25, -0.2) is 8.78 Å². The number of hydrogen-bond acceptors (Lipinski definition) is 3. The molecule has 0 unspecified atom stereocenters. The first kappa shape index (κ1) is 21.1. The van der Waals surface area contributed by atoms with Gasteiger partial charge in [-0.05, 0) is 55.5 Å². The lowest BCUT2D eigenvalue weighted by atomic mass is 9.91. The Hall–Kier alpha value is -2.18. The summed E-state index contributed by atoms with van der Waals surface area (Å²) in [6.45, 7) is 0. The third-order valence-corrected chi connectivity index (χ3v) is 4.81. The Bertz CT molecular complexity index is 809. The van der Waals surface area contributed by atoms with E-state index < -0.39 is 17.5 Å². The summed E-state index contributed by atoms with van der Waals surface area (Å²) in [6.07, 6.45) is 3.29. The predicted octanol–water partition coefficient (Wildman–Crippen LogP) is 4.06. The monoisotopic (exact) mass is 396 g/mol. The molecular weight excluding hydrogens is 374 g/mol. The van der Waals surface area contributed by atoms with E-state index in [1.165, 1.54) is 31.4 Å². The van der Waals surface area contributed by atoms with E-state index in [9.17, 15) is 13.6 Å². The first-order valence-corrected chi connectivity index (χ1v) is 8.68. The number of benzene rings is 2. The standard InChI is InChI=1S/C20H22F2N2O2.ClH/c1-26-15-7-9-16(19(22)11-15)12-2-8-17(18(21)10-12)20(25)24-14-5-3-13(23)4-6-14;/h2,7-11,13-14H,3-6,23H2,1H3,(H,24,25);1H. The Kier molecular flexibility index (Phi) is 7.16. The molecular formula is C20H23ClF2N2O2. The first-order valence-electron chi connectivity index (χ1n) is 8.68. The Morgan fingerprint density at radius 3 is 2.37 bits per heavy atom. The SMILES string of the molecule is COc1ccc(-c2ccc(C(=O)NC3CCC(N)CC3)c(F)c2)c(F)c1.Cl. The summed E-state index contributed by atoms with van der Waals surface area (Å²) in [6, 6.07) is 8.66. The number of hydrogen-bond donors (Lipinski definition) is 2. The molecule has 0 saturated heterocycles. The highest BCUT2D eigenvalue weighted by atomic mass is 35.5. The number of amides is 1. The van der Waals surface area contributed by atoms with E-state index in [-0.39, 0.29) is 35.6 Å². The Labute approximate surface area is 163 Å². The fourth-order valence-electron chi connectivity index (χ4n) is 3.25. The number of nitrogens with two attached hydrogens (primary N) is 1. The van der Waals surface area contributed by atoms with E-state index in [1.807, 2.05) is 0 Å². The topological polar surface area (TPSA) is 64.3 Å². The summed E-state index contributed by atoms with van der Waals surface area (Å²) in [4.78, 5) is 12.3.